The number of sulfone groups is 1. The van der Waals surface area contributed by atoms with Crippen LogP contribution in [0.5, 0.6) is 0 Å². The number of amides is 1. The predicted molar refractivity (Wildman–Crippen MR) is 99.5 cm³/mol. The second kappa shape index (κ2) is 8.15. The van der Waals surface area contributed by atoms with Crippen molar-refractivity contribution in [3.8, 4) is 0 Å². The number of anilines is 1. The van der Waals surface area contributed by atoms with Crippen molar-refractivity contribution >= 4 is 49.8 Å². The molecule has 0 atom stereocenters. The molecule has 0 fully saturated rings. The molecule has 0 saturated carbocycles. The first-order valence-corrected chi connectivity index (χ1v) is 10.7. The maximum Gasteiger partial charge on any atom is 0.338 e. The largest absolute Gasteiger partial charge is 0.456 e. The number of thiazole rings is 1. The Hall–Kier alpha value is -1.97. The van der Waals surface area contributed by atoms with Gasteiger partial charge in [0.15, 0.2) is 15.0 Å². The maximum atomic E-state index is 12.2. The zero-order chi connectivity index (χ0) is 19.5. The minimum absolute atomic E-state index is 0.0390. The number of rotatable bonds is 6. The fraction of sp³-hybridized carbons (Fsp3) is 0.312. The highest BCUT2D eigenvalue weighted by Crippen LogP contribution is 2.24. The second-order valence-electron chi connectivity index (χ2n) is 5.38. The van der Waals surface area contributed by atoms with Crippen molar-refractivity contribution in [2.45, 2.75) is 25.3 Å². The van der Waals surface area contributed by atoms with E-state index >= 15 is 0 Å². The zero-order valence-electron chi connectivity index (χ0n) is 14.4. The third-order valence-corrected chi connectivity index (χ3v) is 5.88. The lowest BCUT2D eigenvalue weighted by molar-refractivity contribution is -0.116. The van der Waals surface area contributed by atoms with Gasteiger partial charge in [0.25, 0.3) is 0 Å². The molecule has 7 nitrogen and oxygen atoms in total. The van der Waals surface area contributed by atoms with Gasteiger partial charge in [-0.2, -0.15) is 0 Å². The summed E-state index contributed by atoms with van der Waals surface area (Å²) in [5.41, 5.74) is 0.569. The van der Waals surface area contributed by atoms with Crippen LogP contribution in [0.3, 0.4) is 0 Å². The van der Waals surface area contributed by atoms with Crippen molar-refractivity contribution in [3.63, 3.8) is 0 Å². The number of nitrogens with zero attached hydrogens (tertiary/aromatic N) is 2. The molecule has 1 amide bonds. The third-order valence-electron chi connectivity index (χ3n) is 3.38. The van der Waals surface area contributed by atoms with E-state index in [0.717, 1.165) is 6.26 Å². The lowest BCUT2D eigenvalue weighted by atomic mass is 10.2. The fourth-order valence-electron chi connectivity index (χ4n) is 2.12. The molecule has 0 N–H and O–H groups in total. The Morgan fingerprint density at radius 2 is 2.04 bits per heavy atom. The highest BCUT2D eigenvalue weighted by molar-refractivity contribution is 7.90. The highest BCUT2D eigenvalue weighted by atomic mass is 35.5. The summed E-state index contributed by atoms with van der Waals surface area (Å²) in [6, 6.07) is 3.91. The summed E-state index contributed by atoms with van der Waals surface area (Å²) in [6.07, 6.45) is 1.01. The molecule has 140 valence electrons. The standard InChI is InChI=1S/C16H17ClN2O5S2/c1-4-19(10(2)20)16-18-12(9-25-16)8-24-15(21)11-5-6-13(17)14(7-11)26(3,22)23/h5-7,9H,4,8H2,1-3H3. The van der Waals surface area contributed by atoms with Crippen LogP contribution in [0.15, 0.2) is 28.5 Å². The molecule has 1 aromatic carbocycles. The van der Waals surface area contributed by atoms with Crippen molar-refractivity contribution in [2.75, 3.05) is 17.7 Å². The quantitative estimate of drug-likeness (QED) is 0.672. The maximum absolute atomic E-state index is 12.2. The van der Waals surface area contributed by atoms with Gasteiger partial charge in [0.2, 0.25) is 5.91 Å². The van der Waals surface area contributed by atoms with Crippen LogP contribution in [0.2, 0.25) is 5.02 Å². The van der Waals surface area contributed by atoms with E-state index in [1.807, 2.05) is 6.92 Å². The van der Waals surface area contributed by atoms with E-state index in [1.165, 1.54) is 41.4 Å². The summed E-state index contributed by atoms with van der Waals surface area (Å²) in [6.45, 7) is 3.68. The van der Waals surface area contributed by atoms with E-state index in [4.69, 9.17) is 16.3 Å². The molecule has 0 unspecified atom stereocenters. The van der Waals surface area contributed by atoms with Gasteiger partial charge in [-0.3, -0.25) is 9.69 Å². The van der Waals surface area contributed by atoms with Gasteiger partial charge in [0.1, 0.15) is 6.61 Å². The van der Waals surface area contributed by atoms with Gasteiger partial charge in [-0.25, -0.2) is 18.2 Å². The van der Waals surface area contributed by atoms with E-state index in [-0.39, 0.29) is 28.0 Å². The van der Waals surface area contributed by atoms with E-state index in [1.54, 1.807) is 5.38 Å². The van der Waals surface area contributed by atoms with Gasteiger partial charge in [0.05, 0.1) is 21.2 Å². The van der Waals surface area contributed by atoms with E-state index < -0.39 is 15.8 Å². The summed E-state index contributed by atoms with van der Waals surface area (Å²) in [5.74, 6) is -0.820. The molecular formula is C16H17ClN2O5S2. The molecule has 26 heavy (non-hydrogen) atoms. The molecular weight excluding hydrogens is 400 g/mol. The zero-order valence-corrected chi connectivity index (χ0v) is 16.7. The SMILES string of the molecule is CCN(C(C)=O)c1nc(COC(=O)c2ccc(Cl)c(S(C)(=O)=O)c2)cs1. The minimum atomic E-state index is -3.56. The van der Waals surface area contributed by atoms with E-state index in [0.29, 0.717) is 17.4 Å². The number of halogens is 1. The van der Waals surface area contributed by atoms with Crippen LogP contribution in [0.25, 0.3) is 0 Å². The molecule has 0 aliphatic carbocycles. The summed E-state index contributed by atoms with van der Waals surface area (Å²) < 4.78 is 28.5. The first-order chi connectivity index (χ1) is 12.1. The predicted octanol–water partition coefficient (Wildman–Crippen LogP) is 2.93. The molecule has 10 heteroatoms. The molecule has 0 radical (unpaired) electrons. The van der Waals surface area contributed by atoms with Crippen molar-refractivity contribution in [1.82, 2.24) is 4.98 Å². The first-order valence-electron chi connectivity index (χ1n) is 7.52. The van der Waals surface area contributed by atoms with E-state index in [2.05, 4.69) is 4.98 Å². The molecule has 0 aliphatic rings. The van der Waals surface area contributed by atoms with Crippen LogP contribution < -0.4 is 4.90 Å². The molecule has 0 aliphatic heterocycles. The number of ether oxygens (including phenoxy) is 1. The van der Waals surface area contributed by atoms with Crippen LogP contribution in [0.4, 0.5) is 5.13 Å². The number of carbonyl (C=O) groups is 2. The second-order valence-corrected chi connectivity index (χ2v) is 8.61. The minimum Gasteiger partial charge on any atom is -0.456 e. The normalized spacial score (nSPS) is 11.2. The number of esters is 1. The van der Waals surface area contributed by atoms with Gasteiger partial charge in [-0.1, -0.05) is 11.6 Å². The molecule has 2 rings (SSSR count). The lowest BCUT2D eigenvalue weighted by Gasteiger charge is -2.14. The molecule has 1 aromatic heterocycles. The number of hydrogen-bond donors (Lipinski definition) is 0. The Bertz CT molecular complexity index is 940. The molecule has 2 aromatic rings. The average Bonchev–Trinajstić information content (AvgIpc) is 3.00. The van der Waals surface area contributed by atoms with Crippen LogP contribution >= 0.6 is 22.9 Å². The smallest absolute Gasteiger partial charge is 0.338 e. The number of carbonyl (C=O) groups excluding carboxylic acids is 2. The number of aromatic nitrogens is 1. The van der Waals surface area contributed by atoms with Gasteiger partial charge < -0.3 is 4.74 Å². The Kier molecular flexibility index (Phi) is 6.38. The van der Waals surface area contributed by atoms with Crippen molar-refractivity contribution < 1.29 is 22.7 Å². The van der Waals surface area contributed by atoms with E-state index in [9.17, 15) is 18.0 Å². The van der Waals surface area contributed by atoms with Gasteiger partial charge in [-0.15, -0.1) is 11.3 Å². The average molecular weight is 417 g/mol. The molecule has 0 saturated heterocycles. The molecule has 0 spiro atoms. The van der Waals surface area contributed by atoms with Crippen molar-refractivity contribution in [1.29, 1.82) is 0 Å². The number of hydrogen-bond acceptors (Lipinski definition) is 7. The Morgan fingerprint density at radius 1 is 1.35 bits per heavy atom. The van der Waals surface area contributed by atoms with Gasteiger partial charge >= 0.3 is 5.97 Å². The monoisotopic (exact) mass is 416 g/mol. The highest BCUT2D eigenvalue weighted by Gasteiger charge is 2.18. The fourth-order valence-corrected chi connectivity index (χ4v) is 4.33. The van der Waals surface area contributed by atoms with Crippen LogP contribution in [0, 0.1) is 0 Å². The van der Waals surface area contributed by atoms with Crippen LogP contribution in [-0.2, 0) is 26.0 Å². The summed E-state index contributed by atoms with van der Waals surface area (Å²) in [4.78, 5) is 29.3. The van der Waals surface area contributed by atoms with Crippen molar-refractivity contribution in [2.24, 2.45) is 0 Å². The summed E-state index contributed by atoms with van der Waals surface area (Å²) in [5, 5.41) is 2.26. The van der Waals surface area contributed by atoms with Crippen LogP contribution in [-0.4, -0.2) is 38.1 Å². The lowest BCUT2D eigenvalue weighted by Crippen LogP contribution is -2.27. The van der Waals surface area contributed by atoms with Crippen LogP contribution in [0.1, 0.15) is 29.9 Å². The Labute approximate surface area is 160 Å². The van der Waals surface area contributed by atoms with Crippen molar-refractivity contribution in [3.05, 3.63) is 39.9 Å². The van der Waals surface area contributed by atoms with Gasteiger partial charge in [0, 0.05) is 25.1 Å². The number of benzene rings is 1. The summed E-state index contributed by atoms with van der Waals surface area (Å²) in [7, 11) is -3.56. The third kappa shape index (κ3) is 4.80. The Morgan fingerprint density at radius 3 is 2.62 bits per heavy atom. The summed E-state index contributed by atoms with van der Waals surface area (Å²) >= 11 is 7.13. The Balaban J connectivity index is 2.10. The molecule has 1 heterocycles. The molecule has 0 bridgehead atoms. The first kappa shape index (κ1) is 20.3. The van der Waals surface area contributed by atoms with Gasteiger partial charge in [-0.05, 0) is 25.1 Å². The topological polar surface area (TPSA) is 93.6 Å².